The average molecular weight is 327 g/mol. The third kappa shape index (κ3) is 3.24. The smallest absolute Gasteiger partial charge is 0.320 e. The van der Waals surface area contributed by atoms with Gasteiger partial charge < -0.3 is 19.8 Å². The van der Waals surface area contributed by atoms with Crippen LogP contribution in [0.5, 0.6) is 5.75 Å². The molecule has 0 bridgehead atoms. The first-order valence-electron chi connectivity index (χ1n) is 5.75. The fourth-order valence-corrected chi connectivity index (χ4v) is 1.85. The van der Waals surface area contributed by atoms with Crippen LogP contribution in [0.15, 0.2) is 27.1 Å². The molecule has 1 atom stereocenters. The number of hydrogen-bond acceptors (Lipinski definition) is 6. The second-order valence-corrected chi connectivity index (χ2v) is 4.78. The zero-order valence-corrected chi connectivity index (χ0v) is 12.5. The highest BCUT2D eigenvalue weighted by Gasteiger charge is 2.12. The fraction of sp³-hybridized carbons (Fsp3) is 0.333. The van der Waals surface area contributed by atoms with Gasteiger partial charge in [0.2, 0.25) is 5.89 Å². The van der Waals surface area contributed by atoms with Crippen LogP contribution in [0.4, 0.5) is 11.7 Å². The predicted molar refractivity (Wildman–Crippen MR) is 75.7 cm³/mol. The van der Waals surface area contributed by atoms with Crippen molar-refractivity contribution in [3.8, 4) is 5.75 Å². The molecule has 0 aliphatic heterocycles. The van der Waals surface area contributed by atoms with Crippen LogP contribution in [0.25, 0.3) is 0 Å². The molecule has 1 aromatic carbocycles. The Morgan fingerprint density at radius 2 is 2.16 bits per heavy atom. The van der Waals surface area contributed by atoms with Gasteiger partial charge in [0.25, 0.3) is 0 Å². The van der Waals surface area contributed by atoms with E-state index in [1.807, 2.05) is 32.2 Å². The molecule has 0 radical (unpaired) electrons. The minimum atomic E-state index is 0.0162. The van der Waals surface area contributed by atoms with Crippen LogP contribution >= 0.6 is 15.9 Å². The summed E-state index contributed by atoms with van der Waals surface area (Å²) < 4.78 is 11.6. The van der Waals surface area contributed by atoms with Crippen molar-refractivity contribution in [2.75, 3.05) is 19.5 Å². The number of methoxy groups -OCH3 is 1. The Balaban J connectivity index is 2.15. The van der Waals surface area contributed by atoms with Crippen LogP contribution in [-0.4, -0.2) is 24.4 Å². The van der Waals surface area contributed by atoms with E-state index >= 15 is 0 Å². The van der Waals surface area contributed by atoms with Gasteiger partial charge in [-0.15, -0.1) is 5.10 Å². The van der Waals surface area contributed by atoms with Gasteiger partial charge in [-0.2, -0.15) is 0 Å². The second kappa shape index (κ2) is 6.03. The average Bonchev–Trinajstić information content (AvgIpc) is 2.88. The molecule has 1 unspecified atom stereocenters. The Morgan fingerprint density at radius 1 is 1.37 bits per heavy atom. The minimum absolute atomic E-state index is 0.0162. The van der Waals surface area contributed by atoms with E-state index in [4.69, 9.17) is 9.15 Å². The van der Waals surface area contributed by atoms with Gasteiger partial charge in [-0.1, -0.05) is 5.10 Å². The van der Waals surface area contributed by atoms with Gasteiger partial charge in [0, 0.05) is 11.8 Å². The maximum absolute atomic E-state index is 5.50. The fourth-order valence-electron chi connectivity index (χ4n) is 1.44. The number of aromatic nitrogens is 2. The summed E-state index contributed by atoms with van der Waals surface area (Å²) in [6.07, 6.45) is 0. The van der Waals surface area contributed by atoms with Gasteiger partial charge in [0.15, 0.2) is 0 Å². The lowest BCUT2D eigenvalue weighted by molar-refractivity contribution is 0.412. The van der Waals surface area contributed by atoms with Crippen molar-refractivity contribution in [3.05, 3.63) is 28.6 Å². The van der Waals surface area contributed by atoms with E-state index in [0.717, 1.165) is 15.9 Å². The molecule has 19 heavy (non-hydrogen) atoms. The molecule has 0 aliphatic rings. The molecular weight excluding hydrogens is 312 g/mol. The number of anilines is 2. The van der Waals surface area contributed by atoms with Gasteiger partial charge in [0.05, 0.1) is 17.6 Å². The molecule has 0 saturated carbocycles. The van der Waals surface area contributed by atoms with Crippen LogP contribution in [-0.2, 0) is 0 Å². The van der Waals surface area contributed by atoms with Crippen LogP contribution in [0.1, 0.15) is 18.9 Å². The van der Waals surface area contributed by atoms with E-state index in [9.17, 15) is 0 Å². The molecule has 2 N–H and O–H groups in total. The van der Waals surface area contributed by atoms with Crippen molar-refractivity contribution in [2.24, 2.45) is 0 Å². The summed E-state index contributed by atoms with van der Waals surface area (Å²) in [7, 11) is 3.45. The Labute approximate surface area is 119 Å². The molecule has 6 nitrogen and oxygen atoms in total. The Morgan fingerprint density at radius 3 is 2.84 bits per heavy atom. The Hall–Kier alpha value is -1.60. The molecule has 1 heterocycles. The van der Waals surface area contributed by atoms with Crippen LogP contribution < -0.4 is 15.4 Å². The van der Waals surface area contributed by atoms with E-state index in [-0.39, 0.29) is 6.04 Å². The molecule has 0 aliphatic carbocycles. The monoisotopic (exact) mass is 326 g/mol. The first-order valence-corrected chi connectivity index (χ1v) is 6.54. The molecular formula is C12H15BrN4O2. The van der Waals surface area contributed by atoms with Crippen molar-refractivity contribution in [2.45, 2.75) is 13.0 Å². The highest BCUT2D eigenvalue weighted by atomic mass is 79.9. The summed E-state index contributed by atoms with van der Waals surface area (Å²) in [5.41, 5.74) is 0.812. The topological polar surface area (TPSA) is 72.2 Å². The molecule has 0 fully saturated rings. The van der Waals surface area contributed by atoms with Gasteiger partial charge in [-0.05, 0) is 42.0 Å². The molecule has 2 rings (SSSR count). The first kappa shape index (κ1) is 13.8. The third-order valence-electron chi connectivity index (χ3n) is 2.65. The van der Waals surface area contributed by atoms with Crippen molar-refractivity contribution >= 4 is 27.6 Å². The van der Waals surface area contributed by atoms with Crippen molar-refractivity contribution < 1.29 is 9.15 Å². The van der Waals surface area contributed by atoms with Gasteiger partial charge in [-0.3, -0.25) is 0 Å². The van der Waals surface area contributed by atoms with Crippen LogP contribution in [0.3, 0.4) is 0 Å². The number of ether oxygens (including phenoxy) is 1. The summed E-state index contributed by atoms with van der Waals surface area (Å²) in [5.74, 6) is 1.27. The minimum Gasteiger partial charge on any atom is -0.495 e. The zero-order chi connectivity index (χ0) is 13.8. The molecule has 7 heteroatoms. The molecule has 0 amide bonds. The van der Waals surface area contributed by atoms with Crippen molar-refractivity contribution in [1.82, 2.24) is 15.5 Å². The number of benzene rings is 1. The summed E-state index contributed by atoms with van der Waals surface area (Å²) in [6, 6.07) is 5.98. The quantitative estimate of drug-likeness (QED) is 0.880. The highest BCUT2D eigenvalue weighted by molar-refractivity contribution is 9.10. The van der Waals surface area contributed by atoms with Crippen LogP contribution in [0, 0.1) is 0 Å². The van der Waals surface area contributed by atoms with Gasteiger partial charge in [-0.25, -0.2) is 0 Å². The van der Waals surface area contributed by atoms with Crippen molar-refractivity contribution in [3.63, 3.8) is 0 Å². The summed E-state index contributed by atoms with van der Waals surface area (Å²) >= 11 is 3.40. The standard InChI is InChI=1S/C12H15BrN4O2/c1-7(14-2)11-16-17-12(19-11)15-8-4-5-9(13)10(6-8)18-3/h4-7,14H,1-3H3,(H,15,17). The van der Waals surface area contributed by atoms with Crippen LogP contribution in [0.2, 0.25) is 0 Å². The number of nitrogens with one attached hydrogen (secondary N) is 2. The highest BCUT2D eigenvalue weighted by Crippen LogP contribution is 2.29. The Kier molecular flexibility index (Phi) is 4.39. The molecule has 1 aromatic heterocycles. The van der Waals surface area contributed by atoms with E-state index in [0.29, 0.717) is 11.9 Å². The summed E-state index contributed by atoms with van der Waals surface area (Å²) in [6.45, 7) is 1.94. The summed E-state index contributed by atoms with van der Waals surface area (Å²) in [4.78, 5) is 0. The second-order valence-electron chi connectivity index (χ2n) is 3.93. The number of nitrogens with zero attached hydrogens (tertiary/aromatic N) is 2. The summed E-state index contributed by atoms with van der Waals surface area (Å²) in [5, 5.41) is 14.0. The lowest BCUT2D eigenvalue weighted by Crippen LogP contribution is -2.12. The zero-order valence-electron chi connectivity index (χ0n) is 10.9. The maximum Gasteiger partial charge on any atom is 0.320 e. The maximum atomic E-state index is 5.50. The molecule has 0 spiro atoms. The van der Waals surface area contributed by atoms with E-state index in [1.54, 1.807) is 7.11 Å². The van der Waals surface area contributed by atoms with Gasteiger partial charge in [0.1, 0.15) is 5.75 Å². The molecule has 2 aromatic rings. The Bertz CT molecular complexity index is 558. The lowest BCUT2D eigenvalue weighted by Gasteiger charge is -2.06. The predicted octanol–water partition coefficient (Wildman–Crippen LogP) is 2.86. The van der Waals surface area contributed by atoms with E-state index in [1.165, 1.54) is 0 Å². The largest absolute Gasteiger partial charge is 0.495 e. The molecule has 102 valence electrons. The molecule has 0 saturated heterocycles. The van der Waals surface area contributed by atoms with E-state index in [2.05, 4.69) is 36.8 Å². The number of halogens is 1. The SMILES string of the molecule is CNC(C)c1nnc(Nc2ccc(Br)c(OC)c2)o1. The third-order valence-corrected chi connectivity index (χ3v) is 3.30. The van der Waals surface area contributed by atoms with Crippen molar-refractivity contribution in [1.29, 1.82) is 0 Å². The number of hydrogen-bond donors (Lipinski definition) is 2. The lowest BCUT2D eigenvalue weighted by atomic mass is 10.3. The normalized spacial score (nSPS) is 12.2. The number of rotatable bonds is 5. The van der Waals surface area contributed by atoms with E-state index < -0.39 is 0 Å². The van der Waals surface area contributed by atoms with Gasteiger partial charge >= 0.3 is 6.01 Å². The first-order chi connectivity index (χ1) is 9.13.